The minimum Gasteiger partial charge on any atom is -0.454 e. The van der Waals surface area contributed by atoms with Crippen LogP contribution in [0.1, 0.15) is 29.8 Å². The molecule has 0 aliphatic rings. The molecule has 0 aliphatic heterocycles. The van der Waals surface area contributed by atoms with Crippen LogP contribution in [0.4, 0.5) is 5.69 Å². The Kier molecular flexibility index (Phi) is 7.24. The molecule has 8 nitrogen and oxygen atoms in total. The molecule has 29 heavy (non-hydrogen) atoms. The van der Waals surface area contributed by atoms with E-state index >= 15 is 0 Å². The summed E-state index contributed by atoms with van der Waals surface area (Å²) in [5.41, 5.74) is 1.84. The molecule has 0 fully saturated rings. The number of rotatable bonds is 8. The predicted molar refractivity (Wildman–Crippen MR) is 107 cm³/mol. The molecule has 9 heteroatoms. The lowest BCUT2D eigenvalue weighted by atomic mass is 10.1. The van der Waals surface area contributed by atoms with Crippen molar-refractivity contribution in [1.82, 2.24) is 4.72 Å². The normalized spacial score (nSPS) is 12.1. The van der Waals surface area contributed by atoms with Crippen molar-refractivity contribution >= 4 is 33.4 Å². The van der Waals surface area contributed by atoms with E-state index in [2.05, 4.69) is 10.0 Å². The first-order chi connectivity index (χ1) is 13.6. The third kappa shape index (κ3) is 6.51. The number of hydrogen-bond donors (Lipinski definition) is 2. The molecule has 0 saturated heterocycles. The summed E-state index contributed by atoms with van der Waals surface area (Å²) in [6.45, 7) is 4.00. The average molecular weight is 418 g/mol. The highest BCUT2D eigenvalue weighted by Crippen LogP contribution is 2.11. The molecule has 2 rings (SSSR count). The van der Waals surface area contributed by atoms with Crippen molar-refractivity contribution in [1.29, 1.82) is 0 Å². The number of ether oxygens (including phenoxy) is 1. The van der Waals surface area contributed by atoms with E-state index in [4.69, 9.17) is 4.74 Å². The summed E-state index contributed by atoms with van der Waals surface area (Å²) in [7, 11) is -3.90. The molecule has 1 atom stereocenters. The van der Waals surface area contributed by atoms with Crippen molar-refractivity contribution in [2.24, 2.45) is 0 Å². The monoisotopic (exact) mass is 418 g/mol. The Morgan fingerprint density at radius 2 is 1.59 bits per heavy atom. The molecule has 0 unspecified atom stereocenters. The Labute approximate surface area is 169 Å². The van der Waals surface area contributed by atoms with E-state index in [1.54, 1.807) is 36.4 Å². The van der Waals surface area contributed by atoms with E-state index in [1.807, 2.05) is 6.92 Å². The Morgan fingerprint density at radius 3 is 2.14 bits per heavy atom. The van der Waals surface area contributed by atoms with E-state index in [9.17, 15) is 22.8 Å². The van der Waals surface area contributed by atoms with Gasteiger partial charge in [-0.1, -0.05) is 17.7 Å². The number of nitrogens with one attached hydrogen (secondary N) is 2. The minimum absolute atomic E-state index is 0.0227. The maximum absolute atomic E-state index is 12.3. The molecule has 0 heterocycles. The highest BCUT2D eigenvalue weighted by molar-refractivity contribution is 7.89. The second-order valence-electron chi connectivity index (χ2n) is 6.45. The molecule has 2 aromatic carbocycles. The van der Waals surface area contributed by atoms with Crippen molar-refractivity contribution in [3.63, 3.8) is 0 Å². The highest BCUT2D eigenvalue weighted by Gasteiger charge is 2.23. The van der Waals surface area contributed by atoms with E-state index < -0.39 is 34.5 Å². The number of carbonyl (C=O) groups excluding carboxylic acids is 3. The first kappa shape index (κ1) is 22.3. The van der Waals surface area contributed by atoms with Gasteiger partial charge in [0.2, 0.25) is 10.0 Å². The molecule has 1 amide bonds. The van der Waals surface area contributed by atoms with E-state index in [0.29, 0.717) is 11.3 Å². The summed E-state index contributed by atoms with van der Waals surface area (Å²) in [5, 5.41) is 2.52. The van der Waals surface area contributed by atoms with Crippen LogP contribution in [0.3, 0.4) is 0 Å². The van der Waals surface area contributed by atoms with Gasteiger partial charge in [0.05, 0.1) is 4.90 Å². The number of aryl methyl sites for hydroxylation is 1. The van der Waals surface area contributed by atoms with Crippen LogP contribution < -0.4 is 10.0 Å². The van der Waals surface area contributed by atoms with Crippen molar-refractivity contribution in [2.75, 3.05) is 11.9 Å². The first-order valence-electron chi connectivity index (χ1n) is 8.75. The van der Waals surface area contributed by atoms with Crippen LogP contribution in [-0.4, -0.2) is 38.7 Å². The summed E-state index contributed by atoms with van der Waals surface area (Å²) in [4.78, 5) is 35.2. The van der Waals surface area contributed by atoms with Gasteiger partial charge in [-0.05, 0) is 57.2 Å². The molecule has 0 saturated carbocycles. The van der Waals surface area contributed by atoms with Gasteiger partial charge in [0.1, 0.15) is 6.04 Å². The SMILES string of the molecule is CC(=O)c1ccc(NC(=O)COC(=O)[C@H](C)NS(=O)(=O)c2ccc(C)cc2)cc1. The summed E-state index contributed by atoms with van der Waals surface area (Å²) < 4.78 is 31.7. The van der Waals surface area contributed by atoms with E-state index in [1.165, 1.54) is 26.0 Å². The fourth-order valence-electron chi connectivity index (χ4n) is 2.31. The quantitative estimate of drug-likeness (QED) is 0.500. The van der Waals surface area contributed by atoms with E-state index in [0.717, 1.165) is 5.56 Å². The van der Waals surface area contributed by atoms with Gasteiger partial charge in [0.25, 0.3) is 5.91 Å². The van der Waals surface area contributed by atoms with Crippen molar-refractivity contribution in [3.8, 4) is 0 Å². The van der Waals surface area contributed by atoms with Crippen molar-refractivity contribution < 1.29 is 27.5 Å². The van der Waals surface area contributed by atoms with Crippen LogP contribution in [0, 0.1) is 6.92 Å². The van der Waals surface area contributed by atoms with Gasteiger partial charge in [-0.15, -0.1) is 0 Å². The smallest absolute Gasteiger partial charge is 0.324 e. The number of ketones is 1. The molecule has 2 N–H and O–H groups in total. The molecule has 0 spiro atoms. The fourth-order valence-corrected chi connectivity index (χ4v) is 3.51. The number of carbonyl (C=O) groups is 3. The van der Waals surface area contributed by atoms with Crippen LogP contribution in [0.25, 0.3) is 0 Å². The van der Waals surface area contributed by atoms with Gasteiger partial charge in [-0.2, -0.15) is 4.72 Å². The second kappa shape index (κ2) is 9.44. The molecule has 0 aromatic heterocycles. The Morgan fingerprint density at radius 1 is 1.00 bits per heavy atom. The van der Waals surface area contributed by atoms with Crippen LogP contribution >= 0.6 is 0 Å². The van der Waals surface area contributed by atoms with Crippen LogP contribution in [0.5, 0.6) is 0 Å². The lowest BCUT2D eigenvalue weighted by Crippen LogP contribution is -2.40. The topological polar surface area (TPSA) is 119 Å². The number of anilines is 1. The number of benzene rings is 2. The number of hydrogen-bond acceptors (Lipinski definition) is 6. The molecular weight excluding hydrogens is 396 g/mol. The van der Waals surface area contributed by atoms with Crippen molar-refractivity contribution in [3.05, 3.63) is 59.7 Å². The minimum atomic E-state index is -3.90. The molecule has 154 valence electrons. The van der Waals surface area contributed by atoms with Gasteiger partial charge in [-0.3, -0.25) is 14.4 Å². The number of Topliss-reactive ketones (excluding diaryl/α,β-unsaturated/α-hetero) is 1. The Bertz CT molecular complexity index is 998. The summed E-state index contributed by atoms with van der Waals surface area (Å²) in [6, 6.07) is 11.2. The summed E-state index contributed by atoms with van der Waals surface area (Å²) in [5.74, 6) is -1.58. The third-order valence-corrected chi connectivity index (χ3v) is 5.49. The van der Waals surface area contributed by atoms with Gasteiger partial charge in [-0.25, -0.2) is 8.42 Å². The standard InChI is InChI=1S/C20H22N2O6S/c1-13-4-10-18(11-5-13)29(26,27)22-14(2)20(25)28-12-19(24)21-17-8-6-16(7-9-17)15(3)23/h4-11,14,22H,12H2,1-3H3,(H,21,24)/t14-/m0/s1. The van der Waals surface area contributed by atoms with Crippen molar-refractivity contribution in [2.45, 2.75) is 31.7 Å². The molecule has 2 aromatic rings. The molecule has 0 radical (unpaired) electrons. The van der Waals surface area contributed by atoms with Crippen LogP contribution in [-0.2, 0) is 24.3 Å². The molecule has 0 bridgehead atoms. The largest absolute Gasteiger partial charge is 0.454 e. The predicted octanol–water partition coefficient (Wildman–Crippen LogP) is 2.05. The second-order valence-corrected chi connectivity index (χ2v) is 8.16. The highest BCUT2D eigenvalue weighted by atomic mass is 32.2. The molecular formula is C20H22N2O6S. The van der Waals surface area contributed by atoms with Crippen LogP contribution in [0.2, 0.25) is 0 Å². The average Bonchev–Trinajstić information content (AvgIpc) is 2.66. The lowest BCUT2D eigenvalue weighted by Gasteiger charge is -2.14. The van der Waals surface area contributed by atoms with Crippen LogP contribution in [0.15, 0.2) is 53.4 Å². The van der Waals surface area contributed by atoms with Gasteiger partial charge in [0.15, 0.2) is 12.4 Å². The van der Waals surface area contributed by atoms with Gasteiger partial charge in [0, 0.05) is 11.3 Å². The number of amides is 1. The maximum Gasteiger partial charge on any atom is 0.324 e. The zero-order valence-electron chi connectivity index (χ0n) is 16.3. The summed E-state index contributed by atoms with van der Waals surface area (Å²) >= 11 is 0. The van der Waals surface area contributed by atoms with E-state index in [-0.39, 0.29) is 10.7 Å². The number of esters is 1. The first-order valence-corrected chi connectivity index (χ1v) is 10.2. The Hall–Kier alpha value is -3.04. The third-order valence-electron chi connectivity index (χ3n) is 3.94. The maximum atomic E-state index is 12.3. The van der Waals surface area contributed by atoms with Gasteiger partial charge >= 0.3 is 5.97 Å². The fraction of sp³-hybridized carbons (Fsp3) is 0.250. The lowest BCUT2D eigenvalue weighted by molar-refractivity contribution is -0.148. The Balaban J connectivity index is 1.86. The van der Waals surface area contributed by atoms with Gasteiger partial charge < -0.3 is 10.1 Å². The summed E-state index contributed by atoms with van der Waals surface area (Å²) in [6.07, 6.45) is 0. The zero-order valence-corrected chi connectivity index (χ0v) is 17.1. The zero-order chi connectivity index (χ0) is 21.6. The molecule has 0 aliphatic carbocycles. The number of sulfonamides is 1.